The molecule has 1 aliphatic rings. The van der Waals surface area contributed by atoms with Crippen LogP contribution in [0.4, 0.5) is 23.3 Å². The molecule has 0 amide bonds. The summed E-state index contributed by atoms with van der Waals surface area (Å²) in [6.45, 7) is 9.11. The molecule has 1 aliphatic heterocycles. The molecular weight excluding hydrogens is 284 g/mol. The van der Waals surface area contributed by atoms with Crippen molar-refractivity contribution in [2.75, 3.05) is 41.7 Å². The fraction of sp³-hybridized carbons (Fsp3) is 0.714. The highest BCUT2D eigenvalue weighted by atomic mass is 16.6. The number of hydrogen-bond acceptors (Lipinski definition) is 7. The molecule has 2 heterocycles. The molecule has 22 heavy (non-hydrogen) atoms. The van der Waals surface area contributed by atoms with E-state index < -0.39 is 4.92 Å². The Kier molecular flexibility index (Phi) is 4.99. The molecule has 2 rings (SSSR count). The van der Waals surface area contributed by atoms with Crippen molar-refractivity contribution in [2.45, 2.75) is 33.6 Å². The molecule has 1 atom stereocenters. The molecule has 1 fully saturated rings. The molecular formula is C14H24N6O2. The summed E-state index contributed by atoms with van der Waals surface area (Å²) in [4.78, 5) is 23.4. The van der Waals surface area contributed by atoms with E-state index >= 15 is 0 Å². The molecule has 0 radical (unpaired) electrons. The van der Waals surface area contributed by atoms with E-state index in [1.165, 1.54) is 0 Å². The van der Waals surface area contributed by atoms with E-state index in [4.69, 9.17) is 5.73 Å². The Morgan fingerprint density at radius 1 is 1.41 bits per heavy atom. The lowest BCUT2D eigenvalue weighted by Gasteiger charge is -2.32. The lowest BCUT2D eigenvalue weighted by atomic mass is 10.0. The summed E-state index contributed by atoms with van der Waals surface area (Å²) >= 11 is 0. The molecule has 8 nitrogen and oxygen atoms in total. The summed E-state index contributed by atoms with van der Waals surface area (Å²) < 4.78 is 0. The van der Waals surface area contributed by atoms with Crippen molar-refractivity contribution in [1.82, 2.24) is 9.97 Å². The van der Waals surface area contributed by atoms with Crippen molar-refractivity contribution in [2.24, 2.45) is 5.92 Å². The third kappa shape index (κ3) is 3.20. The van der Waals surface area contributed by atoms with E-state index in [9.17, 15) is 10.1 Å². The van der Waals surface area contributed by atoms with Crippen LogP contribution in [0, 0.1) is 16.0 Å². The van der Waals surface area contributed by atoms with E-state index in [-0.39, 0.29) is 11.5 Å². The second-order valence-electron chi connectivity index (χ2n) is 5.70. The Balaban J connectivity index is 2.49. The highest BCUT2D eigenvalue weighted by Crippen LogP contribution is 2.34. The summed E-state index contributed by atoms with van der Waals surface area (Å²) in [5.74, 6) is 1.24. The van der Waals surface area contributed by atoms with Crippen LogP contribution in [0.2, 0.25) is 0 Å². The predicted molar refractivity (Wildman–Crippen MR) is 87.3 cm³/mol. The minimum Gasteiger partial charge on any atom is -0.378 e. The van der Waals surface area contributed by atoms with E-state index in [0.29, 0.717) is 17.7 Å². The maximum absolute atomic E-state index is 11.4. The third-order valence-electron chi connectivity index (χ3n) is 4.07. The summed E-state index contributed by atoms with van der Waals surface area (Å²) in [6.07, 6.45) is 2.14. The fourth-order valence-corrected chi connectivity index (χ4v) is 2.87. The van der Waals surface area contributed by atoms with Crippen LogP contribution in [0.25, 0.3) is 0 Å². The van der Waals surface area contributed by atoms with Crippen LogP contribution in [-0.4, -0.2) is 41.1 Å². The number of anilines is 3. The zero-order chi connectivity index (χ0) is 16.3. The van der Waals surface area contributed by atoms with Gasteiger partial charge in [-0.3, -0.25) is 10.1 Å². The Hall–Kier alpha value is -2.12. The van der Waals surface area contributed by atoms with Crippen LogP contribution in [-0.2, 0) is 0 Å². The van der Waals surface area contributed by atoms with Crippen molar-refractivity contribution in [1.29, 1.82) is 0 Å². The number of nitro groups is 1. The number of rotatable bonds is 5. The molecule has 1 aromatic heterocycles. The lowest BCUT2D eigenvalue weighted by molar-refractivity contribution is -0.383. The van der Waals surface area contributed by atoms with Gasteiger partial charge in [0, 0.05) is 26.2 Å². The smallest absolute Gasteiger partial charge is 0.353 e. The normalized spacial score (nSPS) is 18.3. The van der Waals surface area contributed by atoms with Gasteiger partial charge in [0.1, 0.15) is 0 Å². The molecule has 0 aromatic carbocycles. The lowest BCUT2D eigenvalue weighted by Crippen LogP contribution is -2.36. The number of nitrogen functional groups attached to an aromatic ring is 1. The van der Waals surface area contributed by atoms with Gasteiger partial charge in [-0.15, -0.1) is 0 Å². The zero-order valence-electron chi connectivity index (χ0n) is 13.4. The maximum Gasteiger partial charge on any atom is 0.353 e. The topological polar surface area (TPSA) is 101 Å². The van der Waals surface area contributed by atoms with Gasteiger partial charge in [-0.25, -0.2) is 0 Å². The van der Waals surface area contributed by atoms with Crippen LogP contribution >= 0.6 is 0 Å². The van der Waals surface area contributed by atoms with Crippen molar-refractivity contribution in [3.05, 3.63) is 10.1 Å². The van der Waals surface area contributed by atoms with Gasteiger partial charge < -0.3 is 15.5 Å². The van der Waals surface area contributed by atoms with Crippen LogP contribution < -0.4 is 15.5 Å². The van der Waals surface area contributed by atoms with Gasteiger partial charge in [0.2, 0.25) is 17.6 Å². The van der Waals surface area contributed by atoms with Gasteiger partial charge in [-0.2, -0.15) is 9.97 Å². The Morgan fingerprint density at radius 3 is 2.64 bits per heavy atom. The van der Waals surface area contributed by atoms with Crippen molar-refractivity contribution in [3.63, 3.8) is 0 Å². The van der Waals surface area contributed by atoms with Crippen molar-refractivity contribution < 1.29 is 4.92 Å². The third-order valence-corrected chi connectivity index (χ3v) is 4.07. The van der Waals surface area contributed by atoms with Gasteiger partial charge in [0.15, 0.2) is 0 Å². The first-order valence-electron chi connectivity index (χ1n) is 7.79. The molecule has 1 saturated heterocycles. The summed E-state index contributed by atoms with van der Waals surface area (Å²) in [5, 5.41) is 11.4. The van der Waals surface area contributed by atoms with Crippen LogP contribution in [0.1, 0.15) is 33.6 Å². The molecule has 0 aliphatic carbocycles. The standard InChI is InChI=1S/C14H24N6O2/c1-4-18(5-2)14-16-12(15)11(20(21)22)13(17-14)19-8-6-7-10(3)9-19/h10H,4-9H2,1-3H3,(H2,15,16,17)/t10-/m0/s1. The largest absolute Gasteiger partial charge is 0.378 e. The van der Waals surface area contributed by atoms with Gasteiger partial charge in [-0.05, 0) is 32.6 Å². The highest BCUT2D eigenvalue weighted by molar-refractivity contribution is 5.71. The number of aromatic nitrogens is 2. The first kappa shape index (κ1) is 16.3. The predicted octanol–water partition coefficient (Wildman–Crippen LogP) is 2.05. The molecule has 2 N–H and O–H groups in total. The molecule has 0 saturated carbocycles. The first-order chi connectivity index (χ1) is 10.5. The van der Waals surface area contributed by atoms with Crippen molar-refractivity contribution >= 4 is 23.3 Å². The Labute approximate surface area is 130 Å². The monoisotopic (exact) mass is 308 g/mol. The second-order valence-corrected chi connectivity index (χ2v) is 5.70. The first-order valence-corrected chi connectivity index (χ1v) is 7.79. The van der Waals surface area contributed by atoms with E-state index in [0.717, 1.165) is 39.0 Å². The average molecular weight is 308 g/mol. The van der Waals surface area contributed by atoms with Gasteiger partial charge in [-0.1, -0.05) is 6.92 Å². The maximum atomic E-state index is 11.4. The molecule has 1 aromatic rings. The molecule has 0 spiro atoms. The quantitative estimate of drug-likeness (QED) is 0.656. The van der Waals surface area contributed by atoms with E-state index in [2.05, 4.69) is 16.9 Å². The second kappa shape index (κ2) is 6.76. The fourth-order valence-electron chi connectivity index (χ4n) is 2.87. The molecule has 0 bridgehead atoms. The van der Waals surface area contributed by atoms with Crippen LogP contribution in [0.5, 0.6) is 0 Å². The number of hydrogen-bond donors (Lipinski definition) is 1. The zero-order valence-corrected chi connectivity index (χ0v) is 13.4. The minimum atomic E-state index is -0.476. The SMILES string of the molecule is CCN(CC)c1nc(N)c([N+](=O)[O-])c(N2CCC[C@H](C)C2)n1. The summed E-state index contributed by atoms with van der Waals surface area (Å²) in [7, 11) is 0. The van der Waals surface area contributed by atoms with E-state index in [1.54, 1.807) is 0 Å². The van der Waals surface area contributed by atoms with Gasteiger partial charge >= 0.3 is 5.69 Å². The molecule has 8 heteroatoms. The summed E-state index contributed by atoms with van der Waals surface area (Å²) in [5.41, 5.74) is 5.69. The van der Waals surface area contributed by atoms with E-state index in [1.807, 2.05) is 23.6 Å². The molecule has 122 valence electrons. The average Bonchev–Trinajstić information content (AvgIpc) is 2.47. The number of piperidine rings is 1. The number of nitrogens with zero attached hydrogens (tertiary/aromatic N) is 5. The van der Waals surface area contributed by atoms with Gasteiger partial charge in [0.25, 0.3) is 0 Å². The Morgan fingerprint density at radius 2 is 2.09 bits per heavy atom. The Bertz CT molecular complexity index is 546. The molecule has 0 unspecified atom stereocenters. The van der Waals surface area contributed by atoms with Gasteiger partial charge in [0.05, 0.1) is 4.92 Å². The number of nitrogens with two attached hydrogens (primary N) is 1. The van der Waals surface area contributed by atoms with Crippen LogP contribution in [0.3, 0.4) is 0 Å². The van der Waals surface area contributed by atoms with Crippen molar-refractivity contribution in [3.8, 4) is 0 Å². The summed E-state index contributed by atoms with van der Waals surface area (Å²) in [6, 6.07) is 0. The highest BCUT2D eigenvalue weighted by Gasteiger charge is 2.30. The minimum absolute atomic E-state index is 0.0601. The van der Waals surface area contributed by atoms with Crippen LogP contribution in [0.15, 0.2) is 0 Å².